The van der Waals surface area contributed by atoms with Crippen LogP contribution in [0.3, 0.4) is 0 Å². The highest BCUT2D eigenvalue weighted by Gasteiger charge is 2.41. The molecule has 2 heterocycles. The minimum absolute atomic E-state index is 0.0387. The molecule has 4 heteroatoms. The molecule has 2 aliphatic rings. The number of hydrogen-bond donors (Lipinski definition) is 0. The Balaban J connectivity index is 1.69. The van der Waals surface area contributed by atoms with E-state index in [1.54, 1.807) is 4.90 Å². The largest absolute Gasteiger partial charge is 0.445 e. The molecule has 1 saturated heterocycles. The Kier molecular flexibility index (Phi) is 3.78. The topological polar surface area (TPSA) is 46.6 Å². The van der Waals surface area contributed by atoms with Crippen molar-refractivity contribution < 1.29 is 14.3 Å². The quantitative estimate of drug-likeness (QED) is 0.784. The number of ether oxygens (including phenoxy) is 1. The lowest BCUT2D eigenvalue weighted by atomic mass is 9.84. The van der Waals surface area contributed by atoms with E-state index in [-0.39, 0.29) is 30.6 Å². The molecule has 0 aromatic heterocycles. The molecule has 21 heavy (non-hydrogen) atoms. The number of amides is 1. The molecule has 1 aromatic carbocycles. The molecule has 4 nitrogen and oxygen atoms in total. The van der Waals surface area contributed by atoms with Gasteiger partial charge in [0.15, 0.2) is 0 Å². The fraction of sp³-hybridized carbons (Fsp3) is 0.412. The molecule has 1 aromatic rings. The molecule has 2 atom stereocenters. The van der Waals surface area contributed by atoms with E-state index in [1.807, 2.05) is 37.3 Å². The molecule has 0 aliphatic carbocycles. The van der Waals surface area contributed by atoms with Crippen LogP contribution in [0.5, 0.6) is 0 Å². The zero-order valence-corrected chi connectivity index (χ0v) is 12.1. The number of benzene rings is 1. The molecular weight excluding hydrogens is 266 g/mol. The van der Waals surface area contributed by atoms with Gasteiger partial charge >= 0.3 is 6.09 Å². The normalized spacial score (nSPS) is 24.5. The Morgan fingerprint density at radius 3 is 2.81 bits per heavy atom. The maximum Gasteiger partial charge on any atom is 0.410 e. The van der Waals surface area contributed by atoms with Crippen molar-refractivity contribution in [3.63, 3.8) is 0 Å². The van der Waals surface area contributed by atoms with Gasteiger partial charge in [-0.3, -0.25) is 9.69 Å². The second-order valence-corrected chi connectivity index (χ2v) is 5.75. The molecule has 1 fully saturated rings. The Morgan fingerprint density at radius 2 is 2.05 bits per heavy atom. The lowest BCUT2D eigenvalue weighted by Gasteiger charge is -2.43. The molecule has 2 bridgehead atoms. The third-order valence-corrected chi connectivity index (χ3v) is 4.27. The van der Waals surface area contributed by atoms with Gasteiger partial charge in [-0.1, -0.05) is 42.0 Å². The first kappa shape index (κ1) is 13.9. The second kappa shape index (κ2) is 5.72. The number of nitrogens with zero attached hydrogens (tertiary/aromatic N) is 1. The standard InChI is InChI=1S/C17H19NO3/c1-12-7-8-14-9-15(19)10-16(12)18(14)17(20)21-11-13-5-3-2-4-6-13/h2-7,14,16H,8-11H2,1H3/t14-,16-/m0/s1. The Labute approximate surface area is 124 Å². The monoisotopic (exact) mass is 285 g/mol. The minimum atomic E-state index is -0.311. The van der Waals surface area contributed by atoms with Crippen molar-refractivity contribution in [1.82, 2.24) is 4.90 Å². The molecular formula is C17H19NO3. The Morgan fingerprint density at radius 1 is 1.29 bits per heavy atom. The Bertz CT molecular complexity index is 579. The summed E-state index contributed by atoms with van der Waals surface area (Å²) in [7, 11) is 0. The van der Waals surface area contributed by atoms with E-state index >= 15 is 0 Å². The predicted octanol–water partition coefficient (Wildman–Crippen LogP) is 3.08. The van der Waals surface area contributed by atoms with Gasteiger partial charge < -0.3 is 4.74 Å². The van der Waals surface area contributed by atoms with Crippen molar-refractivity contribution in [3.05, 3.63) is 47.5 Å². The maximum atomic E-state index is 12.4. The average molecular weight is 285 g/mol. The maximum absolute atomic E-state index is 12.4. The smallest absolute Gasteiger partial charge is 0.410 e. The van der Waals surface area contributed by atoms with Gasteiger partial charge in [0.25, 0.3) is 0 Å². The number of carbonyl (C=O) groups is 2. The molecule has 0 saturated carbocycles. The fourth-order valence-corrected chi connectivity index (χ4v) is 3.12. The summed E-state index contributed by atoms with van der Waals surface area (Å²) in [6, 6.07) is 9.48. The lowest BCUT2D eigenvalue weighted by molar-refractivity contribution is -0.124. The zero-order chi connectivity index (χ0) is 14.8. The molecule has 1 amide bonds. The summed E-state index contributed by atoms with van der Waals surface area (Å²) in [6.45, 7) is 2.25. The van der Waals surface area contributed by atoms with E-state index in [9.17, 15) is 9.59 Å². The highest BCUT2D eigenvalue weighted by atomic mass is 16.6. The summed E-state index contributed by atoms with van der Waals surface area (Å²) in [4.78, 5) is 25.9. The van der Waals surface area contributed by atoms with Crippen molar-refractivity contribution >= 4 is 11.9 Å². The van der Waals surface area contributed by atoms with Gasteiger partial charge in [0, 0.05) is 18.9 Å². The van der Waals surface area contributed by atoms with Crippen LogP contribution in [-0.4, -0.2) is 28.9 Å². The molecule has 0 unspecified atom stereocenters. The van der Waals surface area contributed by atoms with Crippen molar-refractivity contribution in [2.45, 2.75) is 44.9 Å². The highest BCUT2D eigenvalue weighted by Crippen LogP contribution is 2.32. The van der Waals surface area contributed by atoms with E-state index in [0.717, 1.165) is 17.6 Å². The van der Waals surface area contributed by atoms with E-state index < -0.39 is 0 Å². The average Bonchev–Trinajstić information content (AvgIpc) is 2.49. The SMILES string of the molecule is CC1=CC[C@H]2CC(=O)C[C@@H]1N2C(=O)OCc1ccccc1. The van der Waals surface area contributed by atoms with Gasteiger partial charge in [0.1, 0.15) is 12.4 Å². The number of hydrogen-bond acceptors (Lipinski definition) is 3. The van der Waals surface area contributed by atoms with Crippen LogP contribution in [-0.2, 0) is 16.1 Å². The number of Topliss-reactive ketones (excluding diaryl/α,β-unsaturated/α-hetero) is 1. The van der Waals surface area contributed by atoms with Gasteiger partial charge in [-0.2, -0.15) is 0 Å². The third kappa shape index (κ3) is 2.84. The Hall–Kier alpha value is -2.10. The molecule has 110 valence electrons. The molecule has 3 rings (SSSR count). The highest BCUT2D eigenvalue weighted by molar-refractivity contribution is 5.84. The number of fused-ring (bicyclic) bond motifs is 2. The van der Waals surface area contributed by atoms with Gasteiger partial charge in [-0.25, -0.2) is 4.79 Å². The van der Waals surface area contributed by atoms with Crippen LogP contribution >= 0.6 is 0 Å². The predicted molar refractivity (Wildman–Crippen MR) is 78.7 cm³/mol. The first-order chi connectivity index (χ1) is 10.1. The van der Waals surface area contributed by atoms with Crippen LogP contribution in [0.1, 0.15) is 31.7 Å². The summed E-state index contributed by atoms with van der Waals surface area (Å²) in [5.41, 5.74) is 2.06. The summed E-state index contributed by atoms with van der Waals surface area (Å²) in [5, 5.41) is 0. The van der Waals surface area contributed by atoms with Crippen LogP contribution in [0.15, 0.2) is 42.0 Å². The number of piperidine rings is 1. The summed E-state index contributed by atoms with van der Waals surface area (Å²) in [6.07, 6.45) is 3.44. The van der Waals surface area contributed by atoms with E-state index in [1.165, 1.54) is 0 Å². The number of ketones is 1. The fourth-order valence-electron chi connectivity index (χ4n) is 3.12. The third-order valence-electron chi connectivity index (χ3n) is 4.27. The van der Waals surface area contributed by atoms with E-state index in [4.69, 9.17) is 4.74 Å². The number of carbonyl (C=O) groups excluding carboxylic acids is 2. The van der Waals surface area contributed by atoms with Crippen molar-refractivity contribution in [2.75, 3.05) is 0 Å². The van der Waals surface area contributed by atoms with Gasteiger partial charge in [-0.05, 0) is 18.9 Å². The second-order valence-electron chi connectivity index (χ2n) is 5.75. The van der Waals surface area contributed by atoms with Crippen LogP contribution in [0, 0.1) is 0 Å². The van der Waals surface area contributed by atoms with Gasteiger partial charge in [0.05, 0.1) is 6.04 Å². The first-order valence-corrected chi connectivity index (χ1v) is 7.32. The first-order valence-electron chi connectivity index (χ1n) is 7.32. The van der Waals surface area contributed by atoms with Gasteiger partial charge in [0.2, 0.25) is 0 Å². The summed E-state index contributed by atoms with van der Waals surface area (Å²) in [5.74, 6) is 0.240. The number of rotatable bonds is 2. The van der Waals surface area contributed by atoms with Crippen LogP contribution in [0.25, 0.3) is 0 Å². The summed E-state index contributed by atoms with van der Waals surface area (Å²) < 4.78 is 5.44. The molecule has 2 aliphatic heterocycles. The van der Waals surface area contributed by atoms with Crippen molar-refractivity contribution in [2.24, 2.45) is 0 Å². The van der Waals surface area contributed by atoms with Crippen LogP contribution < -0.4 is 0 Å². The van der Waals surface area contributed by atoms with Crippen LogP contribution in [0.2, 0.25) is 0 Å². The minimum Gasteiger partial charge on any atom is -0.445 e. The van der Waals surface area contributed by atoms with Crippen LogP contribution in [0.4, 0.5) is 4.79 Å². The van der Waals surface area contributed by atoms with E-state index in [0.29, 0.717) is 12.8 Å². The van der Waals surface area contributed by atoms with Gasteiger partial charge in [-0.15, -0.1) is 0 Å². The van der Waals surface area contributed by atoms with Crippen molar-refractivity contribution in [1.29, 1.82) is 0 Å². The zero-order valence-electron chi connectivity index (χ0n) is 12.1. The lowest BCUT2D eigenvalue weighted by Crippen LogP contribution is -2.54. The molecule has 0 radical (unpaired) electrons. The summed E-state index contributed by atoms with van der Waals surface area (Å²) >= 11 is 0. The van der Waals surface area contributed by atoms with Crippen molar-refractivity contribution in [3.8, 4) is 0 Å². The van der Waals surface area contributed by atoms with E-state index in [2.05, 4.69) is 6.08 Å². The molecule has 0 N–H and O–H groups in total. The molecule has 0 spiro atoms.